The molecule has 0 fully saturated rings. The van der Waals surface area contributed by atoms with Crippen molar-refractivity contribution in [2.24, 2.45) is 0 Å². The Kier molecular flexibility index (Phi) is 11.7. The maximum Gasteiger partial charge on any atom is 0.171 e. The highest BCUT2D eigenvalue weighted by Crippen LogP contribution is 2.32. The van der Waals surface area contributed by atoms with Crippen LogP contribution in [0.25, 0.3) is 10.9 Å². The highest BCUT2D eigenvalue weighted by molar-refractivity contribution is 8.02. The first-order valence-electron chi connectivity index (χ1n) is 9.12. The van der Waals surface area contributed by atoms with Crippen LogP contribution in [0.5, 0.6) is 0 Å². The third-order valence-electron chi connectivity index (χ3n) is 3.59. The molecule has 2 aromatic heterocycles. The summed E-state index contributed by atoms with van der Waals surface area (Å²) in [5.41, 5.74) is 3.46. The number of aromatic nitrogens is 2. The minimum Gasteiger partial charge on any atom is -0.383 e. The summed E-state index contributed by atoms with van der Waals surface area (Å²) in [6, 6.07) is 6.11. The molecular weight excluding hydrogens is 406 g/mol. The molecular formula is C20H27N5O2S2. The number of ether oxygens (including phenoxy) is 1. The number of carbonyl (C=O) groups is 1. The van der Waals surface area contributed by atoms with Crippen molar-refractivity contribution in [3.63, 3.8) is 0 Å². The van der Waals surface area contributed by atoms with Gasteiger partial charge in [0.25, 0.3) is 0 Å². The number of likely N-dealkylation sites (N-methyl/N-ethyl adjacent to an activating group) is 1. The molecule has 2 heterocycles. The van der Waals surface area contributed by atoms with E-state index in [1.807, 2.05) is 40.0 Å². The number of hydrogen-bond acceptors (Lipinski definition) is 8. The lowest BCUT2D eigenvalue weighted by Gasteiger charge is -2.06. The monoisotopic (exact) mass is 433 g/mol. The maximum absolute atomic E-state index is 10.6. The van der Waals surface area contributed by atoms with Crippen molar-refractivity contribution < 1.29 is 9.53 Å². The van der Waals surface area contributed by atoms with E-state index in [1.54, 1.807) is 19.5 Å². The van der Waals surface area contributed by atoms with Crippen molar-refractivity contribution in [3.8, 4) is 6.07 Å². The van der Waals surface area contributed by atoms with E-state index in [-0.39, 0.29) is 0 Å². The molecule has 156 valence electrons. The summed E-state index contributed by atoms with van der Waals surface area (Å²) in [7, 11) is 3.59. The predicted molar refractivity (Wildman–Crippen MR) is 122 cm³/mol. The molecule has 0 aliphatic carbocycles. The van der Waals surface area contributed by atoms with E-state index in [0.29, 0.717) is 10.4 Å². The Labute approximate surface area is 180 Å². The predicted octanol–water partition coefficient (Wildman–Crippen LogP) is 4.61. The Morgan fingerprint density at radius 1 is 1.41 bits per heavy atom. The standard InChI is InChI=1S/C14H10N4OS2.C4H11NO.C2H6/c1-8-2-3-11(13-12(8)9(4-15)5-16-13)18-21-14-17-6-10(7-19)20-14;1-5-3-4-6-2;1-2/h2-3,5-7,16,18H,1H3;5H,3-4H2,1-2H3;1-2H3. The van der Waals surface area contributed by atoms with Gasteiger partial charge in [0, 0.05) is 43.4 Å². The molecule has 0 atom stereocenters. The lowest BCUT2D eigenvalue weighted by atomic mass is 10.1. The number of nitriles is 1. The van der Waals surface area contributed by atoms with Gasteiger partial charge in [0.2, 0.25) is 0 Å². The minimum absolute atomic E-state index is 0.597. The molecule has 0 aliphatic rings. The topological polar surface area (TPSA) is 103 Å². The number of rotatable bonds is 7. The van der Waals surface area contributed by atoms with E-state index in [2.05, 4.69) is 26.1 Å². The number of H-pyrrole nitrogens is 1. The van der Waals surface area contributed by atoms with Gasteiger partial charge in [0.1, 0.15) is 6.07 Å². The highest BCUT2D eigenvalue weighted by atomic mass is 32.2. The van der Waals surface area contributed by atoms with E-state index >= 15 is 0 Å². The Morgan fingerprint density at radius 3 is 2.72 bits per heavy atom. The third kappa shape index (κ3) is 7.18. The third-order valence-corrected chi connectivity index (χ3v) is 5.41. The normalized spacial score (nSPS) is 9.66. The molecule has 1 aromatic carbocycles. The Bertz CT molecular complexity index is 927. The smallest absolute Gasteiger partial charge is 0.171 e. The number of aromatic amines is 1. The highest BCUT2D eigenvalue weighted by Gasteiger charge is 2.11. The van der Waals surface area contributed by atoms with Crippen LogP contribution >= 0.6 is 23.3 Å². The summed E-state index contributed by atoms with van der Waals surface area (Å²) >= 11 is 2.67. The first-order valence-corrected chi connectivity index (χ1v) is 10.8. The summed E-state index contributed by atoms with van der Waals surface area (Å²) in [5, 5.41) is 13.0. The fourth-order valence-electron chi connectivity index (χ4n) is 2.27. The summed E-state index contributed by atoms with van der Waals surface area (Å²) < 4.78 is 8.70. The molecule has 3 aromatic rings. The Hall–Kier alpha value is -2.38. The zero-order chi connectivity index (χ0) is 21.6. The van der Waals surface area contributed by atoms with Gasteiger partial charge in [0.05, 0.1) is 28.3 Å². The number of nitrogens with zero attached hydrogens (tertiary/aromatic N) is 2. The average molecular weight is 434 g/mol. The zero-order valence-electron chi connectivity index (χ0n) is 17.3. The van der Waals surface area contributed by atoms with Gasteiger partial charge in [-0.3, -0.25) is 4.79 Å². The van der Waals surface area contributed by atoms with Crippen LogP contribution < -0.4 is 10.0 Å². The summed E-state index contributed by atoms with van der Waals surface area (Å²) in [6.07, 6.45) is 4.05. The molecule has 0 unspecified atom stereocenters. The fourth-order valence-corrected chi connectivity index (χ4v) is 3.78. The number of methoxy groups -OCH3 is 1. The van der Waals surface area contributed by atoms with Crippen LogP contribution in [0.4, 0.5) is 5.69 Å². The van der Waals surface area contributed by atoms with Crippen molar-refractivity contribution in [2.75, 3.05) is 32.0 Å². The van der Waals surface area contributed by atoms with E-state index < -0.39 is 0 Å². The first kappa shape index (κ1) is 24.7. The zero-order valence-corrected chi connectivity index (χ0v) is 19.0. The summed E-state index contributed by atoms with van der Waals surface area (Å²) in [4.78, 5) is 18.5. The van der Waals surface area contributed by atoms with Gasteiger partial charge in [-0.05, 0) is 25.6 Å². The van der Waals surface area contributed by atoms with Crippen LogP contribution in [0.15, 0.2) is 28.9 Å². The molecule has 0 radical (unpaired) electrons. The van der Waals surface area contributed by atoms with Crippen molar-refractivity contribution in [1.29, 1.82) is 5.26 Å². The fraction of sp³-hybridized carbons (Fsp3) is 0.350. The van der Waals surface area contributed by atoms with Crippen LogP contribution in [0.2, 0.25) is 0 Å². The van der Waals surface area contributed by atoms with Gasteiger partial charge in [-0.2, -0.15) is 5.26 Å². The number of fused-ring (bicyclic) bond motifs is 1. The van der Waals surface area contributed by atoms with Gasteiger partial charge in [-0.15, -0.1) is 11.3 Å². The van der Waals surface area contributed by atoms with E-state index in [4.69, 9.17) is 10.00 Å². The summed E-state index contributed by atoms with van der Waals surface area (Å²) in [5.74, 6) is 0. The van der Waals surface area contributed by atoms with Crippen LogP contribution in [-0.2, 0) is 4.74 Å². The number of aryl methyl sites for hydroxylation is 1. The Morgan fingerprint density at radius 2 is 2.17 bits per heavy atom. The first-order chi connectivity index (χ1) is 14.1. The number of nitrogens with one attached hydrogen (secondary N) is 3. The lowest BCUT2D eigenvalue weighted by molar-refractivity contribution is 0.112. The van der Waals surface area contributed by atoms with Crippen molar-refractivity contribution in [2.45, 2.75) is 25.1 Å². The molecule has 0 saturated heterocycles. The van der Waals surface area contributed by atoms with E-state index in [0.717, 1.165) is 45.9 Å². The number of aldehydes is 1. The van der Waals surface area contributed by atoms with Crippen LogP contribution in [-0.4, -0.2) is 43.6 Å². The van der Waals surface area contributed by atoms with Crippen LogP contribution in [0.3, 0.4) is 0 Å². The van der Waals surface area contributed by atoms with E-state index in [1.165, 1.54) is 23.3 Å². The number of carbonyl (C=O) groups excluding carboxylic acids is 1. The molecule has 0 bridgehead atoms. The molecule has 0 saturated carbocycles. The molecule has 9 heteroatoms. The maximum atomic E-state index is 10.6. The second-order valence-electron chi connectivity index (χ2n) is 5.44. The quantitative estimate of drug-likeness (QED) is 0.284. The van der Waals surface area contributed by atoms with Gasteiger partial charge in [0.15, 0.2) is 10.6 Å². The second kappa shape index (κ2) is 13.7. The SMILES string of the molecule is CC.CNCCOC.Cc1ccc(NSc2ncc(C=O)s2)c2[nH]cc(C#N)c12. The van der Waals surface area contributed by atoms with Crippen LogP contribution in [0, 0.1) is 18.3 Å². The number of thiazole rings is 1. The molecule has 7 nitrogen and oxygen atoms in total. The van der Waals surface area contributed by atoms with Gasteiger partial charge in [-0.1, -0.05) is 19.9 Å². The van der Waals surface area contributed by atoms with E-state index in [9.17, 15) is 4.79 Å². The molecule has 3 N–H and O–H groups in total. The number of hydrogen-bond donors (Lipinski definition) is 3. The van der Waals surface area contributed by atoms with Gasteiger partial charge >= 0.3 is 0 Å². The second-order valence-corrected chi connectivity index (χ2v) is 7.56. The molecule has 29 heavy (non-hydrogen) atoms. The minimum atomic E-state index is 0.597. The van der Waals surface area contributed by atoms with Gasteiger partial charge < -0.3 is 19.8 Å². The summed E-state index contributed by atoms with van der Waals surface area (Å²) in [6.45, 7) is 7.72. The van der Waals surface area contributed by atoms with Crippen molar-refractivity contribution in [1.82, 2.24) is 15.3 Å². The molecule has 0 spiro atoms. The molecule has 3 rings (SSSR count). The largest absolute Gasteiger partial charge is 0.383 e. The lowest BCUT2D eigenvalue weighted by Crippen LogP contribution is -2.12. The number of benzene rings is 1. The number of anilines is 1. The average Bonchev–Trinajstić information content (AvgIpc) is 3.41. The van der Waals surface area contributed by atoms with Crippen molar-refractivity contribution >= 4 is 46.2 Å². The molecule has 0 aliphatic heterocycles. The van der Waals surface area contributed by atoms with Gasteiger partial charge in [-0.25, -0.2) is 4.98 Å². The van der Waals surface area contributed by atoms with Crippen LogP contribution in [0.1, 0.15) is 34.6 Å². The van der Waals surface area contributed by atoms with Crippen molar-refractivity contribution in [3.05, 3.63) is 40.5 Å². The Balaban J connectivity index is 0.000000454. The molecule has 0 amide bonds.